The molecule has 5 rings (SSSR count). The first-order valence-corrected chi connectivity index (χ1v) is 12.3. The number of carbonyl (C=O) groups is 2. The standard InChI is InChI=1S/C26H29F2N7O2/c1-33(2)22-14-34(32-31-22)15-23(36)35-13-18(27)12-21(35)26(37)30-24(17-6-4-3-5-7-17)20-11-10-19(16-8-9-16)25(28)29-20/h3-7,10-11,14,16,18,21,24H,8-9,12-13,15H2,1-2H3,(H,30,37)/t18-,21+,24+/m1/s1. The Labute approximate surface area is 213 Å². The summed E-state index contributed by atoms with van der Waals surface area (Å²) in [6.07, 6.45) is 2.03. The lowest BCUT2D eigenvalue weighted by atomic mass is 10.0. The highest BCUT2D eigenvalue weighted by molar-refractivity contribution is 5.88. The molecule has 1 saturated heterocycles. The summed E-state index contributed by atoms with van der Waals surface area (Å²) in [5.41, 5.74) is 1.63. The van der Waals surface area contributed by atoms with Crippen LogP contribution < -0.4 is 10.2 Å². The molecule has 1 N–H and O–H groups in total. The summed E-state index contributed by atoms with van der Waals surface area (Å²) < 4.78 is 30.6. The van der Waals surface area contributed by atoms with Crippen molar-refractivity contribution < 1.29 is 18.4 Å². The van der Waals surface area contributed by atoms with Gasteiger partial charge in [0.1, 0.15) is 18.8 Å². The molecule has 194 valence electrons. The molecule has 1 aromatic carbocycles. The minimum Gasteiger partial charge on any atom is -0.360 e. The van der Waals surface area contributed by atoms with Crippen LogP contribution in [0.5, 0.6) is 0 Å². The number of nitrogens with one attached hydrogen (secondary N) is 1. The fraction of sp³-hybridized carbons (Fsp3) is 0.423. The largest absolute Gasteiger partial charge is 0.360 e. The number of nitrogens with zero attached hydrogens (tertiary/aromatic N) is 6. The first-order chi connectivity index (χ1) is 17.8. The van der Waals surface area contributed by atoms with Crippen LogP contribution in [0.15, 0.2) is 48.7 Å². The highest BCUT2D eigenvalue weighted by Gasteiger charge is 2.41. The molecule has 0 bridgehead atoms. The molecule has 3 atom stereocenters. The Morgan fingerprint density at radius 1 is 1.16 bits per heavy atom. The minimum absolute atomic E-state index is 0.123. The number of anilines is 1. The van der Waals surface area contributed by atoms with E-state index in [2.05, 4.69) is 20.6 Å². The van der Waals surface area contributed by atoms with Crippen LogP contribution >= 0.6 is 0 Å². The second kappa shape index (κ2) is 10.2. The number of alkyl halides is 1. The molecule has 2 aliphatic rings. The Morgan fingerprint density at radius 2 is 1.92 bits per heavy atom. The van der Waals surface area contributed by atoms with Crippen molar-refractivity contribution in [2.24, 2.45) is 0 Å². The Hall–Kier alpha value is -3.89. The second-order valence-corrected chi connectivity index (χ2v) is 9.81. The van der Waals surface area contributed by atoms with Crippen LogP contribution in [0.1, 0.15) is 48.0 Å². The molecule has 0 unspecified atom stereocenters. The molecule has 11 heteroatoms. The highest BCUT2D eigenvalue weighted by Crippen LogP contribution is 2.41. The van der Waals surface area contributed by atoms with Crippen molar-refractivity contribution >= 4 is 17.6 Å². The van der Waals surface area contributed by atoms with Gasteiger partial charge in [-0.3, -0.25) is 9.59 Å². The van der Waals surface area contributed by atoms with Crippen molar-refractivity contribution in [1.29, 1.82) is 0 Å². The van der Waals surface area contributed by atoms with Gasteiger partial charge in [-0.25, -0.2) is 14.1 Å². The van der Waals surface area contributed by atoms with Gasteiger partial charge in [0.25, 0.3) is 0 Å². The van der Waals surface area contributed by atoms with Crippen LogP contribution in [0.3, 0.4) is 0 Å². The molecule has 3 aromatic rings. The second-order valence-electron chi connectivity index (χ2n) is 9.81. The first-order valence-electron chi connectivity index (χ1n) is 12.3. The molecule has 2 fully saturated rings. The molecule has 3 heterocycles. The van der Waals surface area contributed by atoms with Gasteiger partial charge in [0, 0.05) is 26.1 Å². The molecular weight excluding hydrogens is 480 g/mol. The van der Waals surface area contributed by atoms with Crippen molar-refractivity contribution in [3.8, 4) is 0 Å². The lowest BCUT2D eigenvalue weighted by molar-refractivity contribution is -0.139. The normalized spacial score (nSPS) is 20.1. The summed E-state index contributed by atoms with van der Waals surface area (Å²) in [6.45, 7) is -0.361. The number of amides is 2. The maximum Gasteiger partial charge on any atom is 0.245 e. The first kappa shape index (κ1) is 24.8. The Balaban J connectivity index is 1.36. The van der Waals surface area contributed by atoms with Gasteiger partial charge in [-0.2, -0.15) is 4.39 Å². The average Bonchev–Trinajstić information content (AvgIpc) is 3.47. The monoisotopic (exact) mass is 509 g/mol. The Morgan fingerprint density at radius 3 is 2.57 bits per heavy atom. The van der Waals surface area contributed by atoms with E-state index >= 15 is 0 Å². The molecule has 1 saturated carbocycles. The van der Waals surface area contributed by atoms with Crippen LogP contribution in [0.25, 0.3) is 0 Å². The van der Waals surface area contributed by atoms with Gasteiger partial charge < -0.3 is 15.1 Å². The predicted octanol–water partition coefficient (Wildman–Crippen LogP) is 2.60. The summed E-state index contributed by atoms with van der Waals surface area (Å²) >= 11 is 0. The zero-order valence-corrected chi connectivity index (χ0v) is 20.7. The molecular formula is C26H29F2N7O2. The van der Waals surface area contributed by atoms with Gasteiger partial charge in [-0.15, -0.1) is 5.10 Å². The third kappa shape index (κ3) is 5.45. The van der Waals surface area contributed by atoms with Crippen LogP contribution in [-0.4, -0.2) is 69.5 Å². The summed E-state index contributed by atoms with van der Waals surface area (Å²) in [4.78, 5) is 33.6. The number of rotatable bonds is 8. The Kier molecular flexibility index (Phi) is 6.86. The number of hydrogen-bond donors (Lipinski definition) is 1. The predicted molar refractivity (Wildman–Crippen MR) is 132 cm³/mol. The van der Waals surface area contributed by atoms with Gasteiger partial charge in [0.05, 0.1) is 24.5 Å². The summed E-state index contributed by atoms with van der Waals surface area (Å²) in [6, 6.07) is 10.7. The van der Waals surface area contributed by atoms with E-state index in [1.54, 1.807) is 37.3 Å². The van der Waals surface area contributed by atoms with Gasteiger partial charge >= 0.3 is 0 Å². The number of carbonyl (C=O) groups excluding carboxylic acids is 2. The number of halogens is 2. The lowest BCUT2D eigenvalue weighted by Gasteiger charge is -2.26. The maximum atomic E-state index is 14.8. The van der Waals surface area contributed by atoms with Gasteiger partial charge in [-0.05, 0) is 30.4 Å². The van der Waals surface area contributed by atoms with E-state index < -0.39 is 36.0 Å². The zero-order valence-electron chi connectivity index (χ0n) is 20.7. The Bertz CT molecular complexity index is 1280. The number of hydrogen-bond acceptors (Lipinski definition) is 6. The van der Waals surface area contributed by atoms with Gasteiger partial charge in [-0.1, -0.05) is 41.6 Å². The van der Waals surface area contributed by atoms with Crippen molar-refractivity contribution in [2.45, 2.75) is 50.0 Å². The molecule has 1 aliphatic heterocycles. The number of aromatic nitrogens is 4. The van der Waals surface area contributed by atoms with Gasteiger partial charge in [0.15, 0.2) is 5.82 Å². The highest BCUT2D eigenvalue weighted by atomic mass is 19.1. The van der Waals surface area contributed by atoms with Crippen molar-refractivity contribution in [1.82, 2.24) is 30.2 Å². The fourth-order valence-corrected chi connectivity index (χ4v) is 4.64. The van der Waals surface area contributed by atoms with E-state index in [0.717, 1.165) is 12.8 Å². The van der Waals surface area contributed by atoms with Crippen LogP contribution in [-0.2, 0) is 16.1 Å². The third-order valence-corrected chi connectivity index (χ3v) is 6.79. The molecule has 2 amide bonds. The number of benzene rings is 1. The topological polar surface area (TPSA) is 96.2 Å². The van der Waals surface area contributed by atoms with E-state index in [9.17, 15) is 18.4 Å². The summed E-state index contributed by atoms with van der Waals surface area (Å²) in [5.74, 6) is -0.732. The van der Waals surface area contributed by atoms with Crippen molar-refractivity contribution in [3.63, 3.8) is 0 Å². The smallest absolute Gasteiger partial charge is 0.245 e. The van der Waals surface area contributed by atoms with E-state index in [-0.39, 0.29) is 25.4 Å². The fourth-order valence-electron chi connectivity index (χ4n) is 4.64. The summed E-state index contributed by atoms with van der Waals surface area (Å²) in [5, 5.41) is 10.8. The number of pyridine rings is 1. The molecule has 1 aliphatic carbocycles. The van der Waals surface area contributed by atoms with Crippen LogP contribution in [0, 0.1) is 5.95 Å². The van der Waals surface area contributed by atoms with Crippen LogP contribution in [0.2, 0.25) is 0 Å². The third-order valence-electron chi connectivity index (χ3n) is 6.79. The van der Waals surface area contributed by atoms with Crippen molar-refractivity contribution in [3.05, 3.63) is 71.4 Å². The quantitative estimate of drug-likeness (QED) is 0.469. The molecule has 9 nitrogen and oxygen atoms in total. The lowest BCUT2D eigenvalue weighted by Crippen LogP contribution is -2.48. The summed E-state index contributed by atoms with van der Waals surface area (Å²) in [7, 11) is 3.60. The van der Waals surface area contributed by atoms with E-state index in [0.29, 0.717) is 22.6 Å². The molecule has 37 heavy (non-hydrogen) atoms. The number of likely N-dealkylation sites (tertiary alicyclic amines) is 1. The molecule has 0 spiro atoms. The average molecular weight is 510 g/mol. The molecule has 2 aromatic heterocycles. The van der Waals surface area contributed by atoms with E-state index in [4.69, 9.17) is 0 Å². The zero-order chi connectivity index (χ0) is 26.1. The molecule has 0 radical (unpaired) electrons. The van der Waals surface area contributed by atoms with E-state index in [1.807, 2.05) is 30.3 Å². The SMILES string of the molecule is CN(C)c1cn(CC(=O)N2C[C@H](F)C[C@H]2C(=O)N[C@@H](c2ccccc2)c2ccc(C3CC3)c(F)n2)nn1. The maximum absolute atomic E-state index is 14.8. The van der Waals surface area contributed by atoms with E-state index in [1.165, 1.54) is 9.58 Å². The van der Waals surface area contributed by atoms with Gasteiger partial charge in [0.2, 0.25) is 17.8 Å². The van der Waals surface area contributed by atoms with Crippen LogP contribution in [0.4, 0.5) is 14.6 Å². The minimum atomic E-state index is -1.34. The van der Waals surface area contributed by atoms with Crippen molar-refractivity contribution in [2.75, 3.05) is 25.5 Å².